The summed E-state index contributed by atoms with van der Waals surface area (Å²) in [4.78, 5) is 17.0. The molecule has 2 atom stereocenters. The minimum atomic E-state index is -0.674. The van der Waals surface area contributed by atoms with E-state index in [-0.39, 0.29) is 18.0 Å². The van der Waals surface area contributed by atoms with Crippen LogP contribution in [0.25, 0.3) is 0 Å². The lowest BCUT2D eigenvalue weighted by Crippen LogP contribution is -2.64. The molecule has 1 aromatic carbocycles. The molecule has 1 aliphatic heterocycles. The maximum absolute atomic E-state index is 13.0. The van der Waals surface area contributed by atoms with Gasteiger partial charge in [-0.2, -0.15) is 0 Å². The van der Waals surface area contributed by atoms with Crippen LogP contribution in [0.5, 0.6) is 0 Å². The van der Waals surface area contributed by atoms with E-state index in [0.717, 1.165) is 23.7 Å². The molecule has 6 heteroatoms. The van der Waals surface area contributed by atoms with Crippen molar-refractivity contribution in [1.82, 2.24) is 9.80 Å². The van der Waals surface area contributed by atoms with Crippen molar-refractivity contribution in [3.8, 4) is 0 Å². The van der Waals surface area contributed by atoms with Crippen LogP contribution in [0.2, 0.25) is 0 Å². The first-order valence-corrected chi connectivity index (χ1v) is 9.21. The predicted molar refractivity (Wildman–Crippen MR) is 96.0 cm³/mol. The Hall–Kier alpha value is -0.950. The van der Waals surface area contributed by atoms with Crippen molar-refractivity contribution in [2.45, 2.75) is 37.1 Å². The van der Waals surface area contributed by atoms with Crippen molar-refractivity contribution in [1.29, 1.82) is 0 Å². The number of hydrogen-bond donors (Lipinski definition) is 0. The maximum Gasteiger partial charge on any atom is 0.254 e. The molecule has 0 N–H and O–H groups in total. The minimum absolute atomic E-state index is 0.000255. The number of carbonyl (C=O) groups excluding carboxylic acids is 1. The SMILES string of the molecule is CN(C)[C@H]1CCCC2(OCCO2)[C@@H]1N(C)C(=O)c1ccc(Br)cc1. The van der Waals surface area contributed by atoms with E-state index in [4.69, 9.17) is 9.47 Å². The smallest absolute Gasteiger partial charge is 0.254 e. The van der Waals surface area contributed by atoms with E-state index in [1.807, 2.05) is 36.2 Å². The zero-order valence-electron chi connectivity index (χ0n) is 14.5. The third-order valence-electron chi connectivity index (χ3n) is 5.11. The van der Waals surface area contributed by atoms with Crippen LogP contribution >= 0.6 is 15.9 Å². The maximum atomic E-state index is 13.0. The summed E-state index contributed by atoms with van der Waals surface area (Å²) in [6.45, 7) is 1.19. The average Bonchev–Trinajstić information content (AvgIpc) is 3.02. The Morgan fingerprint density at radius 1 is 1.17 bits per heavy atom. The molecule has 2 fully saturated rings. The monoisotopic (exact) mass is 396 g/mol. The summed E-state index contributed by atoms with van der Waals surface area (Å²) >= 11 is 3.41. The number of halogens is 1. The summed E-state index contributed by atoms with van der Waals surface area (Å²) in [5.74, 6) is -0.674. The number of amides is 1. The summed E-state index contributed by atoms with van der Waals surface area (Å²) in [6, 6.07) is 7.56. The van der Waals surface area contributed by atoms with Crippen LogP contribution in [-0.2, 0) is 9.47 Å². The summed E-state index contributed by atoms with van der Waals surface area (Å²) < 4.78 is 13.1. The number of ether oxygens (including phenoxy) is 2. The third-order valence-corrected chi connectivity index (χ3v) is 5.64. The Morgan fingerprint density at radius 3 is 2.38 bits per heavy atom. The summed E-state index contributed by atoms with van der Waals surface area (Å²) in [6.07, 6.45) is 2.91. The van der Waals surface area contributed by atoms with E-state index < -0.39 is 5.79 Å². The molecule has 5 nitrogen and oxygen atoms in total. The standard InChI is InChI=1S/C18H25BrN2O3/c1-20(2)15-5-4-10-18(23-11-12-24-18)16(15)21(3)17(22)13-6-8-14(19)9-7-13/h6-9,15-16H,4-5,10-12H2,1-3H3/t15-,16+/m0/s1. The second kappa shape index (κ2) is 7.12. The molecule has 24 heavy (non-hydrogen) atoms. The number of hydrogen-bond acceptors (Lipinski definition) is 4. The van der Waals surface area contributed by atoms with E-state index in [0.29, 0.717) is 18.8 Å². The van der Waals surface area contributed by atoms with Gasteiger partial charge in [-0.1, -0.05) is 15.9 Å². The Labute approximate surface area is 152 Å². The van der Waals surface area contributed by atoms with E-state index in [1.54, 1.807) is 0 Å². The molecule has 0 aromatic heterocycles. The van der Waals surface area contributed by atoms with Crippen molar-refractivity contribution in [3.63, 3.8) is 0 Å². The normalized spacial score (nSPS) is 26.0. The molecule has 0 bridgehead atoms. The molecule has 0 radical (unpaired) electrons. The van der Waals surface area contributed by atoms with Crippen molar-refractivity contribution in [2.24, 2.45) is 0 Å². The highest BCUT2D eigenvalue weighted by Crippen LogP contribution is 2.40. The van der Waals surface area contributed by atoms with Gasteiger partial charge in [0.05, 0.1) is 13.2 Å². The molecule has 0 unspecified atom stereocenters. The lowest BCUT2D eigenvalue weighted by Gasteiger charge is -2.50. The van der Waals surface area contributed by atoms with Crippen molar-refractivity contribution in [2.75, 3.05) is 34.4 Å². The van der Waals surface area contributed by atoms with Gasteiger partial charge in [-0.3, -0.25) is 4.79 Å². The summed E-state index contributed by atoms with van der Waals surface area (Å²) in [5, 5.41) is 0. The Morgan fingerprint density at radius 2 is 1.79 bits per heavy atom. The predicted octanol–water partition coefficient (Wildman–Crippen LogP) is 2.75. The molecule has 1 heterocycles. The van der Waals surface area contributed by atoms with Crippen LogP contribution in [0, 0.1) is 0 Å². The number of benzene rings is 1. The topological polar surface area (TPSA) is 42.0 Å². The summed E-state index contributed by atoms with van der Waals surface area (Å²) in [7, 11) is 5.98. The van der Waals surface area contributed by atoms with Gasteiger partial charge in [0.25, 0.3) is 5.91 Å². The van der Waals surface area contributed by atoms with Crippen LogP contribution in [0.4, 0.5) is 0 Å². The van der Waals surface area contributed by atoms with Gasteiger partial charge in [0, 0.05) is 29.5 Å². The van der Waals surface area contributed by atoms with Crippen molar-refractivity contribution >= 4 is 21.8 Å². The van der Waals surface area contributed by atoms with Gasteiger partial charge in [0.1, 0.15) is 6.04 Å². The van der Waals surface area contributed by atoms with E-state index in [1.165, 1.54) is 0 Å². The fourth-order valence-corrected chi connectivity index (χ4v) is 4.22. The molecule has 1 spiro atoms. The second-order valence-electron chi connectivity index (χ2n) is 6.80. The second-order valence-corrected chi connectivity index (χ2v) is 7.72. The summed E-state index contributed by atoms with van der Waals surface area (Å²) in [5.41, 5.74) is 0.678. The average molecular weight is 397 g/mol. The highest BCUT2D eigenvalue weighted by molar-refractivity contribution is 9.10. The van der Waals surface area contributed by atoms with Gasteiger partial charge < -0.3 is 19.3 Å². The number of carbonyl (C=O) groups is 1. The highest BCUT2D eigenvalue weighted by Gasteiger charge is 2.53. The molecule has 1 amide bonds. The van der Waals surface area contributed by atoms with Gasteiger partial charge in [0.2, 0.25) is 0 Å². The van der Waals surface area contributed by atoms with Crippen LogP contribution in [0.1, 0.15) is 29.6 Å². The van der Waals surface area contributed by atoms with Crippen LogP contribution in [-0.4, -0.2) is 67.9 Å². The Balaban J connectivity index is 1.91. The molecule has 3 rings (SSSR count). The molecule has 132 valence electrons. The third kappa shape index (κ3) is 3.25. The first kappa shape index (κ1) is 17.9. The minimum Gasteiger partial charge on any atom is -0.345 e. The first-order chi connectivity index (χ1) is 11.4. The van der Waals surface area contributed by atoms with Gasteiger partial charge in [-0.25, -0.2) is 0 Å². The van der Waals surface area contributed by atoms with Crippen LogP contribution in [0.15, 0.2) is 28.7 Å². The quantitative estimate of drug-likeness (QED) is 0.787. The molecule has 1 aromatic rings. The van der Waals surface area contributed by atoms with Crippen molar-refractivity contribution < 1.29 is 14.3 Å². The first-order valence-electron chi connectivity index (χ1n) is 8.42. The molecular formula is C18H25BrN2O3. The number of likely N-dealkylation sites (N-methyl/N-ethyl adjacent to an activating group) is 2. The highest BCUT2D eigenvalue weighted by atomic mass is 79.9. The van der Waals surface area contributed by atoms with E-state index in [9.17, 15) is 4.79 Å². The zero-order chi connectivity index (χ0) is 17.3. The largest absolute Gasteiger partial charge is 0.345 e. The molecule has 1 aliphatic carbocycles. The van der Waals surface area contributed by atoms with Crippen molar-refractivity contribution in [3.05, 3.63) is 34.3 Å². The van der Waals surface area contributed by atoms with Crippen LogP contribution in [0.3, 0.4) is 0 Å². The molecular weight excluding hydrogens is 372 g/mol. The van der Waals surface area contributed by atoms with E-state index >= 15 is 0 Å². The number of nitrogens with zero attached hydrogens (tertiary/aromatic N) is 2. The van der Waals surface area contributed by atoms with Gasteiger partial charge in [0.15, 0.2) is 5.79 Å². The fraction of sp³-hybridized carbons (Fsp3) is 0.611. The lowest BCUT2D eigenvalue weighted by molar-refractivity contribution is -0.223. The number of rotatable bonds is 3. The lowest BCUT2D eigenvalue weighted by atomic mass is 9.83. The molecule has 2 aliphatic rings. The Bertz CT molecular complexity index is 584. The molecule has 1 saturated heterocycles. The van der Waals surface area contributed by atoms with Gasteiger partial charge in [-0.05, 0) is 51.2 Å². The molecule has 1 saturated carbocycles. The fourth-order valence-electron chi connectivity index (χ4n) is 3.96. The van der Waals surface area contributed by atoms with E-state index in [2.05, 4.69) is 34.9 Å². The zero-order valence-corrected chi connectivity index (χ0v) is 16.1. The van der Waals surface area contributed by atoms with Gasteiger partial charge >= 0.3 is 0 Å². The Kier molecular flexibility index (Phi) is 5.30. The van der Waals surface area contributed by atoms with Gasteiger partial charge in [-0.15, -0.1) is 0 Å². The van der Waals surface area contributed by atoms with Crippen LogP contribution < -0.4 is 0 Å².